The van der Waals surface area contributed by atoms with Crippen molar-refractivity contribution in [1.82, 2.24) is 8.87 Å². The van der Waals surface area contributed by atoms with Gasteiger partial charge in [0.2, 0.25) is 10.0 Å². The van der Waals surface area contributed by atoms with E-state index in [0.29, 0.717) is 34.5 Å². The molecule has 0 bridgehead atoms. The van der Waals surface area contributed by atoms with Gasteiger partial charge in [-0.15, -0.1) is 0 Å². The predicted octanol–water partition coefficient (Wildman–Crippen LogP) is 8.10. The Kier molecular flexibility index (Phi) is 10.5. The number of hydrogen-bond acceptors (Lipinski definition) is 5. The van der Waals surface area contributed by atoms with Crippen LogP contribution in [0.25, 0.3) is 11.3 Å². The number of aromatic nitrogens is 1. The van der Waals surface area contributed by atoms with Crippen molar-refractivity contribution >= 4 is 43.2 Å². The molecule has 0 atom stereocenters. The van der Waals surface area contributed by atoms with Crippen molar-refractivity contribution in [2.75, 3.05) is 14.2 Å². The van der Waals surface area contributed by atoms with Gasteiger partial charge in [-0.3, -0.25) is 0 Å². The molecule has 1 aliphatic carbocycles. The minimum Gasteiger partial charge on any atom is -0.497 e. The number of thiocarbonyl (C=S) groups is 1. The highest BCUT2D eigenvalue weighted by Crippen LogP contribution is 2.37. The van der Waals surface area contributed by atoms with Gasteiger partial charge in [-0.2, -0.15) is 4.31 Å². The molecule has 0 saturated heterocycles. The van der Waals surface area contributed by atoms with Crippen LogP contribution in [0, 0.1) is 11.7 Å². The molecule has 1 fully saturated rings. The average Bonchev–Trinajstić information content (AvgIpc) is 3.84. The summed E-state index contributed by atoms with van der Waals surface area (Å²) < 4.78 is 59.4. The van der Waals surface area contributed by atoms with Crippen molar-refractivity contribution in [3.8, 4) is 22.8 Å². The second-order valence-corrected chi connectivity index (χ2v) is 15.5. The molecule has 49 heavy (non-hydrogen) atoms. The van der Waals surface area contributed by atoms with Gasteiger partial charge in [-0.1, -0.05) is 70.6 Å². The summed E-state index contributed by atoms with van der Waals surface area (Å²) in [6, 6.07) is 28.6. The zero-order chi connectivity index (χ0) is 34.7. The highest BCUT2D eigenvalue weighted by molar-refractivity contribution is 9.10. The molecular formula is C38H37BrFN3O4S2. The maximum absolute atomic E-state index is 16.1. The van der Waals surface area contributed by atoms with Crippen molar-refractivity contribution in [3.05, 3.63) is 135 Å². The van der Waals surface area contributed by atoms with E-state index in [2.05, 4.69) is 20.5 Å². The third kappa shape index (κ3) is 8.07. The van der Waals surface area contributed by atoms with E-state index >= 15 is 4.39 Å². The molecule has 6 rings (SSSR count). The molecule has 4 aromatic carbocycles. The largest absolute Gasteiger partial charge is 0.497 e. The first-order valence-corrected chi connectivity index (χ1v) is 18.5. The van der Waals surface area contributed by atoms with E-state index in [4.69, 9.17) is 27.4 Å². The lowest BCUT2D eigenvalue weighted by Crippen LogP contribution is -2.31. The molecule has 11 heteroatoms. The van der Waals surface area contributed by atoms with Gasteiger partial charge in [-0.25, -0.2) is 12.8 Å². The molecule has 7 nitrogen and oxygen atoms in total. The minimum absolute atomic E-state index is 0.0329. The van der Waals surface area contributed by atoms with E-state index in [9.17, 15) is 8.42 Å². The van der Waals surface area contributed by atoms with Crippen LogP contribution in [0.15, 0.2) is 106 Å². The van der Waals surface area contributed by atoms with E-state index in [1.807, 2.05) is 30.3 Å². The van der Waals surface area contributed by atoms with Crippen LogP contribution >= 0.6 is 28.1 Å². The molecule has 0 amide bonds. The van der Waals surface area contributed by atoms with E-state index in [1.54, 1.807) is 68.8 Å². The van der Waals surface area contributed by atoms with Crippen LogP contribution in [0.3, 0.4) is 0 Å². The first kappa shape index (κ1) is 34.8. The number of methoxy groups -OCH3 is 2. The molecule has 1 saturated carbocycles. The fourth-order valence-electron chi connectivity index (χ4n) is 5.95. The third-order valence-corrected chi connectivity index (χ3v) is 11.3. The number of rotatable bonds is 14. The highest BCUT2D eigenvalue weighted by Gasteiger charge is 2.30. The molecule has 0 aliphatic heterocycles. The van der Waals surface area contributed by atoms with Gasteiger partial charge in [0.1, 0.15) is 27.2 Å². The SMILES string of the molecule is COc1ccc(CN(Cc2ccc(OC)cc2)S(=O)(=O)c2ccc(Cn3c(-c4cccc(Br)c4)cc(C(N)=S)c3CC3CC3)cc2F)cc1. The number of benzene rings is 4. The average molecular weight is 763 g/mol. The van der Waals surface area contributed by atoms with Crippen molar-refractivity contribution in [1.29, 1.82) is 0 Å². The summed E-state index contributed by atoms with van der Waals surface area (Å²) in [5.74, 6) is 1.04. The minimum atomic E-state index is -4.28. The van der Waals surface area contributed by atoms with Crippen molar-refractivity contribution in [2.24, 2.45) is 11.7 Å². The zero-order valence-corrected chi connectivity index (χ0v) is 30.5. The quantitative estimate of drug-likeness (QED) is 0.115. The van der Waals surface area contributed by atoms with E-state index in [0.717, 1.165) is 57.4 Å². The summed E-state index contributed by atoms with van der Waals surface area (Å²) in [6.45, 7) is 0.377. The Balaban J connectivity index is 1.35. The molecule has 254 valence electrons. The maximum Gasteiger partial charge on any atom is 0.246 e. The molecule has 1 aliphatic rings. The Morgan fingerprint density at radius 1 is 0.898 bits per heavy atom. The van der Waals surface area contributed by atoms with Crippen LogP contribution < -0.4 is 15.2 Å². The fraction of sp³-hybridized carbons (Fsp3) is 0.237. The number of nitrogens with two attached hydrogens (primary N) is 1. The van der Waals surface area contributed by atoms with Gasteiger partial charge in [-0.05, 0) is 102 Å². The second-order valence-electron chi connectivity index (χ2n) is 12.2. The monoisotopic (exact) mass is 761 g/mol. The number of hydrogen-bond donors (Lipinski definition) is 1. The Morgan fingerprint density at radius 2 is 1.49 bits per heavy atom. The molecule has 0 radical (unpaired) electrons. The third-order valence-electron chi connectivity index (χ3n) is 8.76. The van der Waals surface area contributed by atoms with Gasteiger partial charge < -0.3 is 19.8 Å². The maximum atomic E-state index is 16.1. The lowest BCUT2D eigenvalue weighted by atomic mass is 10.1. The van der Waals surface area contributed by atoms with E-state index in [-0.39, 0.29) is 18.0 Å². The molecular weight excluding hydrogens is 725 g/mol. The Morgan fingerprint density at radius 3 is 2.00 bits per heavy atom. The number of ether oxygens (including phenoxy) is 2. The van der Waals surface area contributed by atoms with E-state index in [1.165, 1.54) is 16.4 Å². The Bertz CT molecular complexity index is 2030. The standard InChI is InChI=1S/C38H37BrFN3O4S2/c1-46-31-13-8-26(9-14-31)22-42(23-27-10-15-32(47-2)16-11-27)49(44,45)37-17-12-28(18-34(37)40)24-43-35(29-4-3-5-30(39)20-29)21-33(38(41)48)36(43)19-25-6-7-25/h3-5,8-18,20-21,25H,6-7,19,22-24H2,1-2H3,(H2,41,48). The molecule has 0 spiro atoms. The number of sulfonamides is 1. The number of nitrogens with zero attached hydrogens (tertiary/aromatic N) is 2. The summed E-state index contributed by atoms with van der Waals surface area (Å²) in [6.07, 6.45) is 3.08. The van der Waals surface area contributed by atoms with Gasteiger partial charge in [0, 0.05) is 41.1 Å². The summed E-state index contributed by atoms with van der Waals surface area (Å²) in [5.41, 5.74) is 12.0. The van der Waals surface area contributed by atoms with Crippen LogP contribution in [0.4, 0.5) is 4.39 Å². The smallest absolute Gasteiger partial charge is 0.246 e. The number of halogens is 2. The second kappa shape index (κ2) is 14.8. The molecule has 1 aromatic heterocycles. The lowest BCUT2D eigenvalue weighted by Gasteiger charge is -2.23. The van der Waals surface area contributed by atoms with Gasteiger partial charge in [0.25, 0.3) is 0 Å². The van der Waals surface area contributed by atoms with Crippen LogP contribution in [0.2, 0.25) is 0 Å². The summed E-state index contributed by atoms with van der Waals surface area (Å²) in [7, 11) is -1.14. The topological polar surface area (TPSA) is 86.8 Å². The molecule has 5 aromatic rings. The van der Waals surface area contributed by atoms with Crippen molar-refractivity contribution < 1.29 is 22.3 Å². The fourth-order valence-corrected chi connectivity index (χ4v) is 7.99. The summed E-state index contributed by atoms with van der Waals surface area (Å²) >= 11 is 9.05. The molecule has 1 heterocycles. The highest BCUT2D eigenvalue weighted by atomic mass is 79.9. The summed E-state index contributed by atoms with van der Waals surface area (Å²) in [4.78, 5) is -0.0768. The normalized spacial score (nSPS) is 13.1. The van der Waals surface area contributed by atoms with E-state index < -0.39 is 15.8 Å². The van der Waals surface area contributed by atoms with Crippen LogP contribution in [0.1, 0.15) is 40.8 Å². The van der Waals surface area contributed by atoms with Gasteiger partial charge in [0.05, 0.1) is 14.2 Å². The Hall–Kier alpha value is -4.03. The van der Waals surface area contributed by atoms with Gasteiger partial charge >= 0.3 is 0 Å². The van der Waals surface area contributed by atoms with Crippen molar-refractivity contribution in [3.63, 3.8) is 0 Å². The molecule has 0 unspecified atom stereocenters. The zero-order valence-electron chi connectivity index (χ0n) is 27.2. The van der Waals surface area contributed by atoms with Gasteiger partial charge in [0.15, 0.2) is 0 Å². The molecule has 2 N–H and O–H groups in total. The van der Waals surface area contributed by atoms with Crippen molar-refractivity contribution in [2.45, 2.75) is 43.8 Å². The first-order chi connectivity index (χ1) is 23.5. The first-order valence-electron chi connectivity index (χ1n) is 15.9. The van der Waals surface area contributed by atoms with Crippen LogP contribution in [-0.4, -0.2) is 36.5 Å². The van der Waals surface area contributed by atoms with Crippen LogP contribution in [0.5, 0.6) is 11.5 Å². The summed E-state index contributed by atoms with van der Waals surface area (Å²) in [5, 5.41) is 0. The Labute approximate surface area is 300 Å². The van der Waals surface area contributed by atoms with Crippen LogP contribution in [-0.2, 0) is 36.1 Å². The lowest BCUT2D eigenvalue weighted by molar-refractivity contribution is 0.395. The predicted molar refractivity (Wildman–Crippen MR) is 198 cm³/mol.